The molecule has 59 heavy (non-hydrogen) atoms. The zero-order chi connectivity index (χ0) is 40.3. The second kappa shape index (κ2) is 17.1. The summed E-state index contributed by atoms with van der Waals surface area (Å²) in [5.41, 5.74) is 8.67. The van der Waals surface area contributed by atoms with Gasteiger partial charge in [0.2, 0.25) is 11.8 Å². The summed E-state index contributed by atoms with van der Waals surface area (Å²) in [5.74, 6) is 2.83. The first-order valence-corrected chi connectivity index (χ1v) is 21.3. The third-order valence-electron chi connectivity index (χ3n) is 12.6. The topological polar surface area (TPSA) is 137 Å². The Morgan fingerprint density at radius 1 is 0.881 bits per heavy atom. The van der Waals surface area contributed by atoms with Crippen molar-refractivity contribution in [3.05, 3.63) is 113 Å². The molecular weight excluding hydrogens is 743 g/mol. The smallest absolute Gasteiger partial charge is 0.267 e. The van der Waals surface area contributed by atoms with Gasteiger partial charge >= 0.3 is 0 Å². The maximum Gasteiger partial charge on any atom is 0.267 e. The maximum atomic E-state index is 13.3. The second-order valence-corrected chi connectivity index (χ2v) is 16.6. The molecule has 3 amide bonds. The highest BCUT2D eigenvalue weighted by Gasteiger charge is 2.30. The predicted octanol–water partition coefficient (Wildman–Crippen LogP) is 6.13. The molecule has 1 aromatic heterocycles. The molecule has 3 fully saturated rings. The van der Waals surface area contributed by atoms with Gasteiger partial charge in [0.1, 0.15) is 18.2 Å². The van der Waals surface area contributed by atoms with Crippen LogP contribution in [0.1, 0.15) is 66.9 Å². The number of imide groups is 1. The van der Waals surface area contributed by atoms with Crippen LogP contribution in [0.5, 0.6) is 5.75 Å². The van der Waals surface area contributed by atoms with Gasteiger partial charge < -0.3 is 35.2 Å². The van der Waals surface area contributed by atoms with Gasteiger partial charge in [0.25, 0.3) is 11.8 Å². The lowest BCUT2D eigenvalue weighted by molar-refractivity contribution is -0.138. The minimum Gasteiger partial charge on any atom is -0.481 e. The van der Waals surface area contributed by atoms with Gasteiger partial charge in [0.15, 0.2) is 6.10 Å². The number of hydrogen-bond acceptors (Lipinski definition) is 10. The van der Waals surface area contributed by atoms with Crippen molar-refractivity contribution in [1.29, 1.82) is 0 Å². The third-order valence-corrected chi connectivity index (χ3v) is 12.6. The minimum atomic E-state index is -0.692. The van der Waals surface area contributed by atoms with Gasteiger partial charge in [-0.25, -0.2) is 4.98 Å². The molecule has 0 saturated carbocycles. The number of nitrogens with zero attached hydrogens (tertiary/aromatic N) is 3. The number of benzene rings is 3. The molecule has 9 rings (SSSR count). The van der Waals surface area contributed by atoms with E-state index >= 15 is 0 Å². The highest BCUT2D eigenvalue weighted by atomic mass is 16.5. The van der Waals surface area contributed by atoms with Crippen LogP contribution in [-0.4, -0.2) is 91.0 Å². The summed E-state index contributed by atoms with van der Waals surface area (Å²) in [5, 5.41) is 13.9. The fourth-order valence-electron chi connectivity index (χ4n) is 9.14. The number of dihydropyridines is 1. The lowest BCUT2D eigenvalue weighted by atomic mass is 9.89. The van der Waals surface area contributed by atoms with Crippen LogP contribution in [0.3, 0.4) is 0 Å². The van der Waals surface area contributed by atoms with Gasteiger partial charge in [-0.05, 0) is 141 Å². The number of carbonyl (C=O) groups is 3. The number of ether oxygens (including phenoxy) is 2. The van der Waals surface area contributed by atoms with E-state index in [1.54, 1.807) is 24.3 Å². The van der Waals surface area contributed by atoms with Crippen molar-refractivity contribution in [3.8, 4) is 5.75 Å². The number of fused-ring (bicyclic) bond motifs is 1. The summed E-state index contributed by atoms with van der Waals surface area (Å²) in [4.78, 5) is 46.3. The number of likely N-dealkylation sites (tertiary alicyclic amines) is 2. The summed E-state index contributed by atoms with van der Waals surface area (Å²) >= 11 is 0. The standard InChI is InChI=1S/C47H53N7O5/c1-30-39(28-49-46-44(30)48-20-25-58-46)36-5-4-34-8-14-42(51-40(34)27-36)50-37-9-2-31(3-10-37)26-32-16-21-53(22-17-32)29-33-18-23-54(24-19-33)47(57)35-6-11-38(12-7-35)59-41-13-15-43(55)52-45(41)56/h2-12,14,27,32-33,41,48-49H,13,15-26,28-29H2,1H3,(H,50,51)(H,52,55,56). The summed E-state index contributed by atoms with van der Waals surface area (Å²) in [6, 6.07) is 26.5. The molecule has 12 heteroatoms. The number of hydrogen-bond donors (Lipinski definition) is 4. The molecule has 3 saturated heterocycles. The minimum absolute atomic E-state index is 0.0334. The van der Waals surface area contributed by atoms with Crippen LogP contribution in [0.2, 0.25) is 0 Å². The largest absolute Gasteiger partial charge is 0.481 e. The lowest BCUT2D eigenvalue weighted by Gasteiger charge is -2.37. The van der Waals surface area contributed by atoms with E-state index < -0.39 is 12.0 Å². The molecule has 4 N–H and O–H groups in total. The van der Waals surface area contributed by atoms with Crippen molar-refractivity contribution in [1.82, 2.24) is 30.7 Å². The Hall–Kier alpha value is -5.88. The fourth-order valence-corrected chi connectivity index (χ4v) is 9.14. The molecule has 1 atom stereocenters. The van der Waals surface area contributed by atoms with Gasteiger partial charge in [0.05, 0.1) is 11.2 Å². The van der Waals surface area contributed by atoms with Crippen molar-refractivity contribution >= 4 is 45.7 Å². The van der Waals surface area contributed by atoms with Crippen LogP contribution in [0.25, 0.3) is 16.5 Å². The molecule has 0 spiro atoms. The first-order valence-electron chi connectivity index (χ1n) is 21.3. The van der Waals surface area contributed by atoms with Crippen molar-refractivity contribution in [2.45, 2.75) is 58.0 Å². The molecule has 0 aliphatic carbocycles. The first kappa shape index (κ1) is 38.6. The summed E-state index contributed by atoms with van der Waals surface area (Å²) in [6.07, 6.45) is 5.47. The van der Waals surface area contributed by atoms with Crippen molar-refractivity contribution in [2.24, 2.45) is 11.8 Å². The highest BCUT2D eigenvalue weighted by Crippen LogP contribution is 2.31. The molecule has 12 nitrogen and oxygen atoms in total. The summed E-state index contributed by atoms with van der Waals surface area (Å²) in [7, 11) is 0. The van der Waals surface area contributed by atoms with Gasteiger partial charge in [-0.15, -0.1) is 0 Å². The second-order valence-electron chi connectivity index (χ2n) is 16.6. The summed E-state index contributed by atoms with van der Waals surface area (Å²) < 4.78 is 11.6. The van der Waals surface area contributed by atoms with E-state index in [0.717, 1.165) is 99.1 Å². The number of allylic oxidation sites excluding steroid dienone is 1. The van der Waals surface area contributed by atoms with E-state index in [1.807, 2.05) is 11.0 Å². The fraction of sp³-hybridized carbons (Fsp3) is 0.404. The van der Waals surface area contributed by atoms with Crippen LogP contribution in [0.15, 0.2) is 96.0 Å². The van der Waals surface area contributed by atoms with Gasteiger partial charge in [-0.1, -0.05) is 24.3 Å². The third kappa shape index (κ3) is 8.92. The number of piperidine rings is 3. The molecular formula is C47H53N7O5. The average Bonchev–Trinajstić information content (AvgIpc) is 3.26. The molecule has 5 aliphatic rings. The van der Waals surface area contributed by atoms with E-state index in [0.29, 0.717) is 36.2 Å². The van der Waals surface area contributed by atoms with Gasteiger partial charge in [-0.3, -0.25) is 19.7 Å². The van der Waals surface area contributed by atoms with Crippen LogP contribution < -0.4 is 26.0 Å². The van der Waals surface area contributed by atoms with Crippen LogP contribution in [0, 0.1) is 11.8 Å². The SMILES string of the molecule is CC1=C(c2ccc3ccc(Nc4ccc(CC5CCN(CC6CCN(C(=O)c7ccc(OC8CCC(=O)NC8=O)cc7)CC6)CC5)cc4)nc3c2)CNC2=C1NCCO2. The average molecular weight is 796 g/mol. The molecule has 5 aliphatic heterocycles. The van der Waals surface area contributed by atoms with Crippen molar-refractivity contribution in [3.63, 3.8) is 0 Å². The Balaban J connectivity index is 0.710. The molecule has 4 aromatic rings. The van der Waals surface area contributed by atoms with E-state index in [4.69, 9.17) is 14.5 Å². The number of aromatic nitrogens is 1. The summed E-state index contributed by atoms with van der Waals surface area (Å²) in [6.45, 7) is 9.26. The van der Waals surface area contributed by atoms with Gasteiger partial charge in [0, 0.05) is 62.2 Å². The quantitative estimate of drug-likeness (QED) is 0.139. The Morgan fingerprint density at radius 3 is 2.42 bits per heavy atom. The zero-order valence-corrected chi connectivity index (χ0v) is 33.7. The highest BCUT2D eigenvalue weighted by molar-refractivity contribution is 6.00. The normalized spacial score (nSPS) is 20.7. The number of pyridine rings is 1. The van der Waals surface area contributed by atoms with Gasteiger partial charge in [-0.2, -0.15) is 0 Å². The molecule has 0 radical (unpaired) electrons. The molecule has 6 heterocycles. The van der Waals surface area contributed by atoms with Crippen LogP contribution in [0.4, 0.5) is 11.5 Å². The van der Waals surface area contributed by atoms with E-state index in [1.165, 1.54) is 35.1 Å². The number of carbonyl (C=O) groups excluding carboxylic acids is 3. The zero-order valence-electron chi connectivity index (χ0n) is 33.7. The van der Waals surface area contributed by atoms with E-state index in [-0.39, 0.29) is 18.2 Å². The van der Waals surface area contributed by atoms with Crippen LogP contribution >= 0.6 is 0 Å². The predicted molar refractivity (Wildman–Crippen MR) is 228 cm³/mol. The number of amides is 3. The first-order chi connectivity index (χ1) is 28.8. The maximum absolute atomic E-state index is 13.3. The Bertz CT molecular complexity index is 2270. The Morgan fingerprint density at radius 2 is 1.64 bits per heavy atom. The Labute approximate surface area is 345 Å². The molecule has 306 valence electrons. The van der Waals surface area contributed by atoms with Crippen LogP contribution in [-0.2, 0) is 20.7 Å². The molecule has 1 unspecified atom stereocenters. The number of nitrogens with one attached hydrogen (secondary N) is 4. The molecule has 3 aromatic carbocycles. The number of rotatable bonds is 10. The monoisotopic (exact) mass is 795 g/mol. The van der Waals surface area contributed by atoms with E-state index in [9.17, 15) is 14.4 Å². The molecule has 0 bridgehead atoms. The lowest BCUT2D eigenvalue weighted by Crippen LogP contribution is -2.46. The Kier molecular flexibility index (Phi) is 11.2. The number of anilines is 2. The van der Waals surface area contributed by atoms with Crippen molar-refractivity contribution < 1.29 is 23.9 Å². The van der Waals surface area contributed by atoms with E-state index in [2.05, 4.69) is 81.6 Å². The van der Waals surface area contributed by atoms with Crippen molar-refractivity contribution in [2.75, 3.05) is 57.7 Å².